The molecule has 0 saturated carbocycles. The fraction of sp³-hybridized carbons (Fsp3) is 0.467. The second-order valence-electron chi connectivity index (χ2n) is 5.20. The Labute approximate surface area is 112 Å². The van der Waals surface area contributed by atoms with E-state index in [1.165, 1.54) is 12.1 Å². The standard InChI is InChI=1S/C15H21FN2O/c1-4-9(2)7-13(18-17)15-10(3)12-8-11(16)5-6-14(12)19-15/h5-6,8-9,13,18H,4,7,17H2,1-3H3. The number of fused-ring (bicyclic) bond motifs is 1. The van der Waals surface area contributed by atoms with Crippen LogP contribution in [0, 0.1) is 18.7 Å². The smallest absolute Gasteiger partial charge is 0.134 e. The summed E-state index contributed by atoms with van der Waals surface area (Å²) >= 11 is 0. The van der Waals surface area contributed by atoms with Gasteiger partial charge in [-0.3, -0.25) is 5.84 Å². The van der Waals surface area contributed by atoms with E-state index in [1.54, 1.807) is 6.07 Å². The van der Waals surface area contributed by atoms with Gasteiger partial charge in [-0.1, -0.05) is 20.3 Å². The van der Waals surface area contributed by atoms with E-state index in [0.717, 1.165) is 29.6 Å². The van der Waals surface area contributed by atoms with Gasteiger partial charge >= 0.3 is 0 Å². The molecule has 0 saturated heterocycles. The van der Waals surface area contributed by atoms with Gasteiger partial charge in [0.15, 0.2) is 0 Å². The Hall–Kier alpha value is -1.39. The van der Waals surface area contributed by atoms with E-state index < -0.39 is 0 Å². The quantitative estimate of drug-likeness (QED) is 0.637. The molecule has 1 aromatic carbocycles. The lowest BCUT2D eigenvalue weighted by Crippen LogP contribution is -2.29. The Balaban J connectivity index is 2.40. The van der Waals surface area contributed by atoms with Crippen molar-refractivity contribution in [2.75, 3.05) is 0 Å². The number of aryl methyl sites for hydroxylation is 1. The lowest BCUT2D eigenvalue weighted by atomic mass is 9.96. The van der Waals surface area contributed by atoms with Crippen molar-refractivity contribution in [2.45, 2.75) is 39.7 Å². The summed E-state index contributed by atoms with van der Waals surface area (Å²) in [6.07, 6.45) is 1.99. The van der Waals surface area contributed by atoms with Crippen LogP contribution in [0.4, 0.5) is 4.39 Å². The molecule has 0 aliphatic heterocycles. The summed E-state index contributed by atoms with van der Waals surface area (Å²) in [5, 5.41) is 0.819. The van der Waals surface area contributed by atoms with E-state index in [0.29, 0.717) is 11.5 Å². The topological polar surface area (TPSA) is 51.2 Å². The molecule has 2 rings (SSSR count). The molecular formula is C15H21FN2O. The zero-order valence-corrected chi connectivity index (χ0v) is 11.7. The average molecular weight is 264 g/mol. The molecule has 0 amide bonds. The van der Waals surface area contributed by atoms with Gasteiger partial charge in [-0.15, -0.1) is 0 Å². The molecule has 19 heavy (non-hydrogen) atoms. The summed E-state index contributed by atoms with van der Waals surface area (Å²) in [5.41, 5.74) is 4.48. The number of hydrazine groups is 1. The van der Waals surface area contributed by atoms with Gasteiger partial charge in [0.1, 0.15) is 17.2 Å². The van der Waals surface area contributed by atoms with Crippen molar-refractivity contribution in [3.63, 3.8) is 0 Å². The maximum absolute atomic E-state index is 13.3. The molecule has 0 bridgehead atoms. The number of hydrogen-bond acceptors (Lipinski definition) is 3. The lowest BCUT2D eigenvalue weighted by Gasteiger charge is -2.18. The number of hydrogen-bond donors (Lipinski definition) is 2. The third-order valence-electron chi connectivity index (χ3n) is 3.79. The zero-order valence-electron chi connectivity index (χ0n) is 11.7. The molecule has 1 heterocycles. The van der Waals surface area contributed by atoms with Crippen LogP contribution in [-0.2, 0) is 0 Å². The number of halogens is 1. The largest absolute Gasteiger partial charge is 0.459 e. The van der Waals surface area contributed by atoms with Crippen LogP contribution in [0.3, 0.4) is 0 Å². The van der Waals surface area contributed by atoms with Crippen LogP contribution in [0.25, 0.3) is 11.0 Å². The molecule has 3 N–H and O–H groups in total. The van der Waals surface area contributed by atoms with Crippen molar-refractivity contribution in [3.8, 4) is 0 Å². The van der Waals surface area contributed by atoms with Gasteiger partial charge < -0.3 is 4.42 Å². The fourth-order valence-corrected chi connectivity index (χ4v) is 2.36. The van der Waals surface area contributed by atoms with Gasteiger partial charge in [0.05, 0.1) is 6.04 Å². The average Bonchev–Trinajstić information content (AvgIpc) is 2.73. The first-order valence-corrected chi connectivity index (χ1v) is 6.71. The second-order valence-corrected chi connectivity index (χ2v) is 5.20. The van der Waals surface area contributed by atoms with Gasteiger partial charge in [-0.25, -0.2) is 9.82 Å². The van der Waals surface area contributed by atoms with Gasteiger partial charge in [-0.05, 0) is 37.5 Å². The van der Waals surface area contributed by atoms with Crippen molar-refractivity contribution in [1.29, 1.82) is 0 Å². The maximum Gasteiger partial charge on any atom is 0.134 e. The van der Waals surface area contributed by atoms with Crippen molar-refractivity contribution in [1.82, 2.24) is 5.43 Å². The van der Waals surface area contributed by atoms with Crippen molar-refractivity contribution in [3.05, 3.63) is 35.3 Å². The minimum Gasteiger partial charge on any atom is -0.459 e. The van der Waals surface area contributed by atoms with E-state index >= 15 is 0 Å². The molecule has 0 aliphatic rings. The van der Waals surface area contributed by atoms with Crippen LogP contribution in [-0.4, -0.2) is 0 Å². The predicted molar refractivity (Wildman–Crippen MR) is 75.0 cm³/mol. The third kappa shape index (κ3) is 2.80. The number of nitrogens with two attached hydrogens (primary N) is 1. The Kier molecular flexibility index (Phi) is 4.22. The van der Waals surface area contributed by atoms with Crippen molar-refractivity contribution < 1.29 is 8.81 Å². The van der Waals surface area contributed by atoms with E-state index in [2.05, 4.69) is 19.3 Å². The van der Waals surface area contributed by atoms with Crippen LogP contribution < -0.4 is 11.3 Å². The van der Waals surface area contributed by atoms with Gasteiger partial charge in [0.2, 0.25) is 0 Å². The maximum atomic E-state index is 13.3. The zero-order chi connectivity index (χ0) is 14.0. The Morgan fingerprint density at radius 2 is 2.16 bits per heavy atom. The van der Waals surface area contributed by atoms with Crippen LogP contribution >= 0.6 is 0 Å². The molecule has 0 spiro atoms. The van der Waals surface area contributed by atoms with Gasteiger partial charge in [0, 0.05) is 10.9 Å². The van der Waals surface area contributed by atoms with Crippen LogP contribution in [0.15, 0.2) is 22.6 Å². The number of benzene rings is 1. The molecule has 1 aromatic heterocycles. The fourth-order valence-electron chi connectivity index (χ4n) is 2.36. The molecule has 2 atom stereocenters. The highest BCUT2D eigenvalue weighted by Crippen LogP contribution is 2.32. The number of nitrogens with one attached hydrogen (secondary N) is 1. The van der Waals surface area contributed by atoms with Crippen LogP contribution in [0.5, 0.6) is 0 Å². The summed E-state index contributed by atoms with van der Waals surface area (Å²) in [6.45, 7) is 6.28. The minimum atomic E-state index is -0.248. The highest BCUT2D eigenvalue weighted by atomic mass is 19.1. The first-order chi connectivity index (χ1) is 9.06. The predicted octanol–water partition coefficient (Wildman–Crippen LogP) is 3.82. The normalized spacial score (nSPS) is 14.8. The molecule has 3 nitrogen and oxygen atoms in total. The summed E-state index contributed by atoms with van der Waals surface area (Å²) in [7, 11) is 0. The highest BCUT2D eigenvalue weighted by molar-refractivity contribution is 5.82. The molecule has 104 valence electrons. The molecule has 4 heteroatoms. The van der Waals surface area contributed by atoms with Gasteiger partial charge in [0.25, 0.3) is 0 Å². The number of rotatable bonds is 5. The highest BCUT2D eigenvalue weighted by Gasteiger charge is 2.21. The van der Waals surface area contributed by atoms with Crippen LogP contribution in [0.1, 0.15) is 44.1 Å². The van der Waals surface area contributed by atoms with Crippen LogP contribution in [0.2, 0.25) is 0 Å². The first kappa shape index (κ1) is 14.0. The summed E-state index contributed by atoms with van der Waals surface area (Å²) < 4.78 is 19.1. The van der Waals surface area contributed by atoms with Crippen molar-refractivity contribution >= 4 is 11.0 Å². The molecule has 0 fully saturated rings. The number of furan rings is 1. The minimum absolute atomic E-state index is 0.0367. The summed E-state index contributed by atoms with van der Waals surface area (Å²) in [4.78, 5) is 0. The first-order valence-electron chi connectivity index (χ1n) is 6.71. The molecule has 2 aromatic rings. The Morgan fingerprint density at radius 1 is 1.42 bits per heavy atom. The summed E-state index contributed by atoms with van der Waals surface area (Å²) in [5.74, 6) is 6.75. The molecule has 2 unspecified atom stereocenters. The van der Waals surface area contributed by atoms with E-state index in [-0.39, 0.29) is 11.9 Å². The van der Waals surface area contributed by atoms with E-state index in [9.17, 15) is 4.39 Å². The monoisotopic (exact) mass is 264 g/mol. The Bertz CT molecular complexity index is 565. The van der Waals surface area contributed by atoms with Gasteiger partial charge in [-0.2, -0.15) is 0 Å². The lowest BCUT2D eigenvalue weighted by molar-refractivity contribution is 0.357. The SMILES string of the molecule is CCC(C)CC(NN)c1oc2ccc(F)cc2c1C. The molecular weight excluding hydrogens is 243 g/mol. The van der Waals surface area contributed by atoms with E-state index in [4.69, 9.17) is 10.3 Å². The second kappa shape index (κ2) is 5.72. The summed E-state index contributed by atoms with van der Waals surface area (Å²) in [6, 6.07) is 4.55. The van der Waals surface area contributed by atoms with Crippen molar-refractivity contribution in [2.24, 2.45) is 11.8 Å². The third-order valence-corrected chi connectivity index (χ3v) is 3.79. The Morgan fingerprint density at radius 3 is 2.79 bits per heavy atom. The van der Waals surface area contributed by atoms with E-state index in [1.807, 2.05) is 6.92 Å². The molecule has 0 aliphatic carbocycles. The molecule has 0 radical (unpaired) electrons.